The number of nitrogens with zero attached hydrogens (tertiary/aromatic N) is 2. The number of rotatable bonds is 1. The molecule has 3 nitrogen and oxygen atoms in total. The van der Waals surface area contributed by atoms with Crippen LogP contribution in [0.4, 0.5) is 0 Å². The summed E-state index contributed by atoms with van der Waals surface area (Å²) in [7, 11) is 1.82. The molecule has 2 rings (SSSR count). The van der Waals surface area contributed by atoms with Crippen molar-refractivity contribution >= 4 is 10.9 Å². The predicted octanol–water partition coefficient (Wildman–Crippen LogP) is 3.29. The van der Waals surface area contributed by atoms with Crippen LogP contribution in [0, 0.1) is 27.7 Å². The van der Waals surface area contributed by atoms with E-state index in [1.54, 1.807) is 4.57 Å². The lowest BCUT2D eigenvalue weighted by atomic mass is 9.88. The van der Waals surface area contributed by atoms with E-state index >= 15 is 0 Å². The van der Waals surface area contributed by atoms with Crippen molar-refractivity contribution < 1.29 is 0 Å². The molecule has 2 aromatic rings. The Bertz CT molecular complexity index is 724. The Morgan fingerprint density at radius 3 is 2.11 bits per heavy atom. The lowest BCUT2D eigenvalue weighted by Gasteiger charge is -2.21. The van der Waals surface area contributed by atoms with E-state index in [9.17, 15) is 4.79 Å². The van der Waals surface area contributed by atoms with E-state index in [1.165, 1.54) is 22.3 Å². The summed E-state index contributed by atoms with van der Waals surface area (Å²) in [5.74, 6) is 0.384. The average molecular weight is 258 g/mol. The normalized spacial score (nSPS) is 11.6. The van der Waals surface area contributed by atoms with E-state index in [-0.39, 0.29) is 5.69 Å². The first-order chi connectivity index (χ1) is 8.77. The molecule has 19 heavy (non-hydrogen) atoms. The Labute approximate surface area is 114 Å². The largest absolute Gasteiger partial charge is 0.348 e. The average Bonchev–Trinajstić information content (AvgIpc) is 2.32. The fraction of sp³-hybridized carbons (Fsp3) is 0.500. The van der Waals surface area contributed by atoms with Gasteiger partial charge in [0.1, 0.15) is 0 Å². The van der Waals surface area contributed by atoms with Crippen molar-refractivity contribution in [2.45, 2.75) is 47.5 Å². The summed E-state index contributed by atoms with van der Waals surface area (Å²) >= 11 is 0. The quantitative estimate of drug-likeness (QED) is 0.786. The van der Waals surface area contributed by atoms with Crippen LogP contribution in [0.5, 0.6) is 0 Å². The first-order valence-corrected chi connectivity index (χ1v) is 6.74. The zero-order chi connectivity index (χ0) is 14.5. The van der Waals surface area contributed by atoms with Gasteiger partial charge in [0, 0.05) is 12.4 Å². The van der Waals surface area contributed by atoms with Gasteiger partial charge in [-0.2, -0.15) is 4.98 Å². The summed E-state index contributed by atoms with van der Waals surface area (Å²) in [6, 6.07) is 0. The van der Waals surface area contributed by atoms with Crippen LogP contribution in [0.3, 0.4) is 0 Å². The van der Waals surface area contributed by atoms with Gasteiger partial charge in [0.05, 0.1) is 11.2 Å². The molecule has 1 aromatic carbocycles. The number of hydrogen-bond acceptors (Lipinski definition) is 2. The molecule has 0 fully saturated rings. The Kier molecular flexibility index (Phi) is 3.25. The second kappa shape index (κ2) is 4.48. The van der Waals surface area contributed by atoms with Crippen LogP contribution >= 0.6 is 0 Å². The fourth-order valence-corrected chi connectivity index (χ4v) is 3.03. The van der Waals surface area contributed by atoms with Crippen molar-refractivity contribution in [2.75, 3.05) is 0 Å². The lowest BCUT2D eigenvalue weighted by Crippen LogP contribution is -2.23. The van der Waals surface area contributed by atoms with Gasteiger partial charge in [-0.25, -0.2) is 4.79 Å². The van der Waals surface area contributed by atoms with Crippen LogP contribution in [0.1, 0.15) is 47.7 Å². The van der Waals surface area contributed by atoms with E-state index < -0.39 is 0 Å². The van der Waals surface area contributed by atoms with E-state index in [4.69, 9.17) is 0 Å². The van der Waals surface area contributed by atoms with Crippen LogP contribution in [-0.2, 0) is 7.05 Å². The smallest absolute Gasteiger partial charge is 0.295 e. The fourth-order valence-electron chi connectivity index (χ4n) is 3.03. The topological polar surface area (TPSA) is 34.9 Å². The summed E-state index contributed by atoms with van der Waals surface area (Å²) in [5.41, 5.74) is 6.81. The zero-order valence-electron chi connectivity index (χ0n) is 12.9. The molecular formula is C16H22N2O. The van der Waals surface area contributed by atoms with Crippen LogP contribution < -0.4 is 5.69 Å². The minimum absolute atomic E-state index is 0.172. The summed E-state index contributed by atoms with van der Waals surface area (Å²) in [6.07, 6.45) is 0. The number of fused-ring (bicyclic) bond motifs is 1. The van der Waals surface area contributed by atoms with Gasteiger partial charge in [0.15, 0.2) is 0 Å². The van der Waals surface area contributed by atoms with Gasteiger partial charge in [0.2, 0.25) is 0 Å². The van der Waals surface area contributed by atoms with E-state index in [0.29, 0.717) is 5.92 Å². The molecule has 3 heteroatoms. The van der Waals surface area contributed by atoms with Crippen LogP contribution in [0.15, 0.2) is 4.79 Å². The van der Waals surface area contributed by atoms with Crippen LogP contribution in [0.25, 0.3) is 10.9 Å². The van der Waals surface area contributed by atoms with Gasteiger partial charge in [-0.3, -0.25) is 4.57 Å². The van der Waals surface area contributed by atoms with Gasteiger partial charge in [-0.1, -0.05) is 13.8 Å². The highest BCUT2D eigenvalue weighted by molar-refractivity contribution is 5.90. The van der Waals surface area contributed by atoms with Crippen LogP contribution in [0.2, 0.25) is 0 Å². The van der Waals surface area contributed by atoms with E-state index in [2.05, 4.69) is 39.6 Å². The molecule has 0 aliphatic carbocycles. The first kappa shape index (κ1) is 13.8. The van der Waals surface area contributed by atoms with Crippen molar-refractivity contribution in [3.05, 3.63) is 38.4 Å². The maximum absolute atomic E-state index is 12.0. The van der Waals surface area contributed by atoms with Gasteiger partial charge in [-0.05, 0) is 55.9 Å². The molecule has 0 N–H and O–H groups in total. The molecule has 1 aromatic heterocycles. The Hall–Kier alpha value is -1.64. The number of hydrogen-bond donors (Lipinski definition) is 0. The molecule has 0 unspecified atom stereocenters. The summed E-state index contributed by atoms with van der Waals surface area (Å²) in [5, 5.41) is 1.13. The van der Waals surface area contributed by atoms with E-state index in [1.807, 2.05) is 14.0 Å². The molecule has 0 aliphatic rings. The molecule has 0 radical (unpaired) electrons. The van der Waals surface area contributed by atoms with Gasteiger partial charge < -0.3 is 0 Å². The second-order valence-corrected chi connectivity index (χ2v) is 5.71. The lowest BCUT2D eigenvalue weighted by molar-refractivity contribution is 0.803. The second-order valence-electron chi connectivity index (χ2n) is 5.71. The Morgan fingerprint density at radius 2 is 1.58 bits per heavy atom. The molecule has 0 atom stereocenters. The minimum atomic E-state index is -0.172. The molecule has 0 aliphatic heterocycles. The first-order valence-electron chi connectivity index (χ1n) is 6.74. The summed E-state index contributed by atoms with van der Waals surface area (Å²) in [6.45, 7) is 12.7. The highest BCUT2D eigenvalue weighted by atomic mass is 16.1. The third-order valence-corrected chi connectivity index (χ3v) is 4.22. The molecule has 102 valence electrons. The number of aromatic nitrogens is 2. The molecule has 1 heterocycles. The van der Waals surface area contributed by atoms with Crippen molar-refractivity contribution in [1.82, 2.24) is 9.55 Å². The van der Waals surface area contributed by atoms with E-state index in [0.717, 1.165) is 16.6 Å². The predicted molar refractivity (Wildman–Crippen MR) is 80.0 cm³/mol. The molecule has 0 spiro atoms. The number of aryl methyl sites for hydroxylation is 3. The van der Waals surface area contributed by atoms with Crippen LogP contribution in [-0.4, -0.2) is 9.55 Å². The summed E-state index contributed by atoms with van der Waals surface area (Å²) < 4.78 is 1.69. The molecular weight excluding hydrogens is 236 g/mol. The van der Waals surface area contributed by atoms with Crippen molar-refractivity contribution in [1.29, 1.82) is 0 Å². The Morgan fingerprint density at radius 1 is 1.00 bits per heavy atom. The number of benzene rings is 1. The maximum Gasteiger partial charge on any atom is 0.348 e. The standard InChI is InChI=1S/C16H22N2O/c1-8(2)13-10(4)9(3)11(5)14-12(6)17-16(19)18(7)15(13)14/h8H,1-7H3. The van der Waals surface area contributed by atoms with Crippen molar-refractivity contribution in [3.63, 3.8) is 0 Å². The van der Waals surface area contributed by atoms with Gasteiger partial charge in [0.25, 0.3) is 0 Å². The highest BCUT2D eigenvalue weighted by Crippen LogP contribution is 2.33. The third-order valence-electron chi connectivity index (χ3n) is 4.22. The van der Waals surface area contributed by atoms with Gasteiger partial charge >= 0.3 is 5.69 Å². The van der Waals surface area contributed by atoms with Gasteiger partial charge in [-0.15, -0.1) is 0 Å². The highest BCUT2D eigenvalue weighted by Gasteiger charge is 2.18. The molecule has 0 saturated carbocycles. The zero-order valence-corrected chi connectivity index (χ0v) is 12.9. The molecule has 0 bridgehead atoms. The SMILES string of the molecule is Cc1c(C)c(C(C)C)c2c(c(C)nc(=O)n2C)c1C. The maximum atomic E-state index is 12.0. The minimum Gasteiger partial charge on any atom is -0.295 e. The molecule has 0 amide bonds. The molecule has 0 saturated heterocycles. The van der Waals surface area contributed by atoms with Crippen molar-refractivity contribution in [2.24, 2.45) is 7.05 Å². The monoisotopic (exact) mass is 258 g/mol. The third kappa shape index (κ3) is 1.88. The van der Waals surface area contributed by atoms with Crippen molar-refractivity contribution in [3.8, 4) is 0 Å². The Balaban J connectivity index is 3.22. The summed E-state index contributed by atoms with van der Waals surface area (Å²) in [4.78, 5) is 16.1.